The molecule has 104 valence electrons. The van der Waals surface area contributed by atoms with Gasteiger partial charge in [0.1, 0.15) is 6.54 Å². The summed E-state index contributed by atoms with van der Waals surface area (Å²) in [5.41, 5.74) is 2.36. The summed E-state index contributed by atoms with van der Waals surface area (Å²) in [6, 6.07) is 9.48. The van der Waals surface area contributed by atoms with Gasteiger partial charge in [0.25, 0.3) is 5.91 Å². The largest absolute Gasteiger partial charge is 0.350 e. The SMILES string of the molecule is O=C(Cn1cc(C(=O)NO)nn1)NCc1ccccc1. The molecule has 0 aliphatic carbocycles. The lowest BCUT2D eigenvalue weighted by Crippen LogP contribution is -2.27. The second kappa shape index (κ2) is 6.43. The quantitative estimate of drug-likeness (QED) is 0.513. The summed E-state index contributed by atoms with van der Waals surface area (Å²) >= 11 is 0. The topological polar surface area (TPSA) is 109 Å². The molecule has 1 aromatic heterocycles. The number of carbonyl (C=O) groups is 2. The Bertz CT molecular complexity index is 596. The Morgan fingerprint density at radius 1 is 1.25 bits per heavy atom. The van der Waals surface area contributed by atoms with E-state index in [0.717, 1.165) is 5.56 Å². The van der Waals surface area contributed by atoms with Crippen molar-refractivity contribution in [3.8, 4) is 0 Å². The van der Waals surface area contributed by atoms with Gasteiger partial charge >= 0.3 is 0 Å². The van der Waals surface area contributed by atoms with Crippen LogP contribution in [-0.2, 0) is 17.9 Å². The highest BCUT2D eigenvalue weighted by Gasteiger charge is 2.11. The van der Waals surface area contributed by atoms with Crippen molar-refractivity contribution in [3.05, 3.63) is 47.8 Å². The maximum atomic E-state index is 11.7. The lowest BCUT2D eigenvalue weighted by Gasteiger charge is -2.04. The van der Waals surface area contributed by atoms with Crippen molar-refractivity contribution in [1.82, 2.24) is 25.8 Å². The predicted octanol–water partition coefficient (Wildman–Crippen LogP) is -0.286. The van der Waals surface area contributed by atoms with Crippen molar-refractivity contribution in [3.63, 3.8) is 0 Å². The summed E-state index contributed by atoms with van der Waals surface area (Å²) in [4.78, 5) is 22.7. The summed E-state index contributed by atoms with van der Waals surface area (Å²) in [6.45, 7) is 0.358. The third-order valence-electron chi connectivity index (χ3n) is 2.51. The molecule has 0 aliphatic heterocycles. The zero-order chi connectivity index (χ0) is 14.4. The fourth-order valence-electron chi connectivity index (χ4n) is 1.54. The Balaban J connectivity index is 1.85. The summed E-state index contributed by atoms with van der Waals surface area (Å²) in [6.07, 6.45) is 1.27. The van der Waals surface area contributed by atoms with Crippen LogP contribution in [0.5, 0.6) is 0 Å². The Kier molecular flexibility index (Phi) is 4.40. The summed E-state index contributed by atoms with van der Waals surface area (Å²) in [7, 11) is 0. The number of aromatic nitrogens is 3. The monoisotopic (exact) mass is 275 g/mol. The van der Waals surface area contributed by atoms with E-state index in [2.05, 4.69) is 15.6 Å². The summed E-state index contributed by atoms with van der Waals surface area (Å²) in [5.74, 6) is -1.03. The number of benzene rings is 1. The van der Waals surface area contributed by atoms with Crippen molar-refractivity contribution in [2.24, 2.45) is 0 Å². The van der Waals surface area contributed by atoms with Crippen molar-refractivity contribution in [1.29, 1.82) is 0 Å². The Labute approximate surface area is 114 Å². The minimum atomic E-state index is -0.777. The number of nitrogens with zero attached hydrogens (tertiary/aromatic N) is 3. The third-order valence-corrected chi connectivity index (χ3v) is 2.51. The van der Waals surface area contributed by atoms with E-state index in [0.29, 0.717) is 6.54 Å². The molecule has 0 unspecified atom stereocenters. The Hall–Kier alpha value is -2.74. The normalized spacial score (nSPS) is 10.1. The molecule has 2 amide bonds. The molecule has 8 nitrogen and oxygen atoms in total. The van der Waals surface area contributed by atoms with E-state index < -0.39 is 5.91 Å². The maximum absolute atomic E-state index is 11.7. The van der Waals surface area contributed by atoms with E-state index in [1.807, 2.05) is 30.3 Å². The van der Waals surface area contributed by atoms with Crippen LogP contribution in [0.1, 0.15) is 16.1 Å². The van der Waals surface area contributed by atoms with E-state index in [4.69, 9.17) is 5.21 Å². The Morgan fingerprint density at radius 3 is 2.70 bits per heavy atom. The van der Waals surface area contributed by atoms with E-state index in [1.165, 1.54) is 16.4 Å². The number of hydrogen-bond donors (Lipinski definition) is 3. The molecule has 0 bridgehead atoms. The fraction of sp³-hybridized carbons (Fsp3) is 0.167. The lowest BCUT2D eigenvalue weighted by molar-refractivity contribution is -0.122. The first-order valence-electron chi connectivity index (χ1n) is 5.84. The molecule has 20 heavy (non-hydrogen) atoms. The second-order valence-electron chi connectivity index (χ2n) is 4.00. The van der Waals surface area contributed by atoms with Crippen LogP contribution in [0.3, 0.4) is 0 Å². The van der Waals surface area contributed by atoms with Crippen LogP contribution in [0, 0.1) is 0 Å². The van der Waals surface area contributed by atoms with Gasteiger partial charge in [-0.3, -0.25) is 14.8 Å². The van der Waals surface area contributed by atoms with Crippen LogP contribution < -0.4 is 10.8 Å². The van der Waals surface area contributed by atoms with E-state index in [-0.39, 0.29) is 18.1 Å². The van der Waals surface area contributed by atoms with Crippen molar-refractivity contribution in [2.75, 3.05) is 0 Å². The molecule has 2 aromatic rings. The van der Waals surface area contributed by atoms with Crippen LogP contribution in [0.2, 0.25) is 0 Å². The first-order valence-corrected chi connectivity index (χ1v) is 5.84. The number of amides is 2. The molecule has 3 N–H and O–H groups in total. The molecule has 8 heteroatoms. The molecule has 0 radical (unpaired) electrons. The summed E-state index contributed by atoms with van der Waals surface area (Å²) in [5, 5.41) is 18.3. The molecule has 0 fully saturated rings. The van der Waals surface area contributed by atoms with Gasteiger partial charge in [-0.2, -0.15) is 0 Å². The number of nitrogens with one attached hydrogen (secondary N) is 2. The molecule has 1 heterocycles. The van der Waals surface area contributed by atoms with Gasteiger partial charge in [-0.15, -0.1) is 5.10 Å². The smallest absolute Gasteiger partial charge is 0.296 e. The van der Waals surface area contributed by atoms with Gasteiger partial charge in [0.15, 0.2) is 5.69 Å². The van der Waals surface area contributed by atoms with E-state index in [9.17, 15) is 9.59 Å². The molecule has 0 aliphatic rings. The van der Waals surface area contributed by atoms with Crippen molar-refractivity contribution < 1.29 is 14.8 Å². The number of carbonyl (C=O) groups excluding carboxylic acids is 2. The maximum Gasteiger partial charge on any atom is 0.296 e. The average Bonchev–Trinajstić information content (AvgIpc) is 2.94. The lowest BCUT2D eigenvalue weighted by atomic mass is 10.2. The molecule has 1 aromatic carbocycles. The zero-order valence-corrected chi connectivity index (χ0v) is 10.5. The highest BCUT2D eigenvalue weighted by atomic mass is 16.5. The van der Waals surface area contributed by atoms with Gasteiger partial charge in [-0.1, -0.05) is 35.5 Å². The predicted molar refractivity (Wildman–Crippen MR) is 67.6 cm³/mol. The molecular formula is C12H13N5O3. The zero-order valence-electron chi connectivity index (χ0n) is 10.5. The van der Waals surface area contributed by atoms with Crippen LogP contribution >= 0.6 is 0 Å². The molecule has 2 rings (SSSR count). The number of hydroxylamine groups is 1. The first-order chi connectivity index (χ1) is 9.69. The summed E-state index contributed by atoms with van der Waals surface area (Å²) < 4.78 is 1.21. The van der Waals surface area contributed by atoms with Gasteiger partial charge in [0.05, 0.1) is 6.20 Å². The molecule has 0 spiro atoms. The van der Waals surface area contributed by atoms with Gasteiger partial charge in [0.2, 0.25) is 5.91 Å². The standard InChI is InChI=1S/C12H13N5O3/c18-11(13-6-9-4-2-1-3-5-9)8-17-7-10(14-16-17)12(19)15-20/h1-5,7,20H,6,8H2,(H,13,18)(H,15,19). The van der Waals surface area contributed by atoms with Crippen LogP contribution in [-0.4, -0.2) is 32.0 Å². The third kappa shape index (κ3) is 3.62. The van der Waals surface area contributed by atoms with Crippen molar-refractivity contribution in [2.45, 2.75) is 13.1 Å². The van der Waals surface area contributed by atoms with Gasteiger partial charge in [-0.25, -0.2) is 10.2 Å². The van der Waals surface area contributed by atoms with Crippen LogP contribution in [0.15, 0.2) is 36.5 Å². The van der Waals surface area contributed by atoms with Gasteiger partial charge < -0.3 is 5.32 Å². The average molecular weight is 275 g/mol. The Morgan fingerprint density at radius 2 is 2.00 bits per heavy atom. The molecule has 0 saturated heterocycles. The highest BCUT2D eigenvalue weighted by molar-refractivity contribution is 5.90. The van der Waals surface area contributed by atoms with Crippen LogP contribution in [0.4, 0.5) is 0 Å². The first kappa shape index (κ1) is 13.7. The van der Waals surface area contributed by atoms with Gasteiger partial charge in [0, 0.05) is 6.54 Å². The number of rotatable bonds is 5. The highest BCUT2D eigenvalue weighted by Crippen LogP contribution is 1.97. The molecule has 0 atom stereocenters. The minimum absolute atomic E-state index is 0.0570. The minimum Gasteiger partial charge on any atom is -0.350 e. The molecular weight excluding hydrogens is 262 g/mol. The second-order valence-corrected chi connectivity index (χ2v) is 4.00. The van der Waals surface area contributed by atoms with Crippen LogP contribution in [0.25, 0.3) is 0 Å². The van der Waals surface area contributed by atoms with Gasteiger partial charge in [-0.05, 0) is 5.56 Å². The van der Waals surface area contributed by atoms with Crippen molar-refractivity contribution >= 4 is 11.8 Å². The fourth-order valence-corrected chi connectivity index (χ4v) is 1.54. The van der Waals surface area contributed by atoms with E-state index in [1.54, 1.807) is 0 Å². The van der Waals surface area contributed by atoms with E-state index >= 15 is 0 Å². The molecule has 0 saturated carbocycles. The number of hydrogen-bond acceptors (Lipinski definition) is 5.